The van der Waals surface area contributed by atoms with E-state index in [1.807, 2.05) is 6.92 Å². The molecule has 118 valence electrons. The molecule has 0 aliphatic carbocycles. The van der Waals surface area contributed by atoms with Crippen molar-refractivity contribution in [2.24, 2.45) is 5.92 Å². The summed E-state index contributed by atoms with van der Waals surface area (Å²) >= 11 is 0. The summed E-state index contributed by atoms with van der Waals surface area (Å²) in [5, 5.41) is 3.36. The molecule has 0 aromatic rings. The van der Waals surface area contributed by atoms with Gasteiger partial charge in [-0.1, -0.05) is 6.92 Å². The normalized spacial score (nSPS) is 27.1. The number of likely N-dealkylation sites (N-methyl/N-ethyl adjacent to an activating group) is 1. The minimum Gasteiger partial charge on any atom is -0.468 e. The molecule has 0 bridgehead atoms. The molecule has 1 saturated heterocycles. The van der Waals surface area contributed by atoms with Crippen molar-refractivity contribution in [2.45, 2.75) is 45.3 Å². The Labute approximate surface area is 123 Å². The van der Waals surface area contributed by atoms with Crippen molar-refractivity contribution in [3.63, 3.8) is 0 Å². The van der Waals surface area contributed by atoms with Crippen molar-refractivity contribution in [3.8, 4) is 0 Å². The number of rotatable bonds is 6. The second-order valence-corrected chi connectivity index (χ2v) is 6.83. The molecule has 1 aliphatic heterocycles. The molecule has 1 rings (SSSR count). The van der Waals surface area contributed by atoms with E-state index < -0.39 is 5.54 Å². The van der Waals surface area contributed by atoms with Crippen LogP contribution in [0, 0.1) is 5.92 Å². The monoisotopic (exact) mass is 285 g/mol. The molecule has 1 N–H and O–H groups in total. The Morgan fingerprint density at radius 3 is 2.45 bits per heavy atom. The van der Waals surface area contributed by atoms with Gasteiger partial charge in [0.2, 0.25) is 0 Å². The third kappa shape index (κ3) is 4.17. The van der Waals surface area contributed by atoms with Crippen LogP contribution < -0.4 is 5.32 Å². The van der Waals surface area contributed by atoms with E-state index in [0.29, 0.717) is 18.5 Å². The van der Waals surface area contributed by atoms with Crippen LogP contribution in [0.25, 0.3) is 0 Å². The van der Waals surface area contributed by atoms with Crippen LogP contribution in [0.1, 0.15) is 27.7 Å². The summed E-state index contributed by atoms with van der Waals surface area (Å²) in [7, 11) is 5.70. The van der Waals surface area contributed by atoms with E-state index in [9.17, 15) is 4.79 Å². The first-order chi connectivity index (χ1) is 9.19. The van der Waals surface area contributed by atoms with Crippen LogP contribution in [0.15, 0.2) is 0 Å². The second kappa shape index (κ2) is 6.87. The maximum Gasteiger partial charge on any atom is 0.327 e. The van der Waals surface area contributed by atoms with Crippen molar-refractivity contribution < 1.29 is 9.53 Å². The first-order valence-corrected chi connectivity index (χ1v) is 7.44. The molecule has 0 aromatic heterocycles. The lowest BCUT2D eigenvalue weighted by Crippen LogP contribution is -2.59. The highest BCUT2D eigenvalue weighted by atomic mass is 16.5. The fraction of sp³-hybridized carbons (Fsp3) is 0.933. The van der Waals surface area contributed by atoms with Gasteiger partial charge < -0.3 is 9.64 Å². The average Bonchev–Trinajstić information content (AvgIpc) is 2.67. The van der Waals surface area contributed by atoms with Crippen LogP contribution in [0.3, 0.4) is 0 Å². The van der Waals surface area contributed by atoms with E-state index in [4.69, 9.17) is 4.74 Å². The van der Waals surface area contributed by atoms with Gasteiger partial charge in [0.1, 0.15) is 5.54 Å². The SMILES string of the molecule is COC(=O)C(C)(CN1CC(C)C(N(C)C)C1)NC(C)C. The lowest BCUT2D eigenvalue weighted by molar-refractivity contribution is -0.149. The van der Waals surface area contributed by atoms with Crippen molar-refractivity contribution in [1.29, 1.82) is 0 Å². The Hall–Kier alpha value is -0.650. The summed E-state index contributed by atoms with van der Waals surface area (Å²) in [6.45, 7) is 11.0. The smallest absolute Gasteiger partial charge is 0.327 e. The molecule has 0 aromatic carbocycles. The predicted molar refractivity (Wildman–Crippen MR) is 81.8 cm³/mol. The quantitative estimate of drug-likeness (QED) is 0.731. The van der Waals surface area contributed by atoms with Gasteiger partial charge in [-0.15, -0.1) is 0 Å². The molecule has 0 spiro atoms. The standard InChI is InChI=1S/C15H31N3O2/c1-11(2)16-15(4,14(19)20-7)10-18-8-12(3)13(9-18)17(5)6/h11-13,16H,8-10H2,1-7H3. The number of methoxy groups -OCH3 is 1. The van der Waals surface area contributed by atoms with E-state index >= 15 is 0 Å². The van der Waals surface area contributed by atoms with Gasteiger partial charge in [-0.2, -0.15) is 0 Å². The fourth-order valence-electron chi connectivity index (χ4n) is 3.33. The molecule has 3 atom stereocenters. The van der Waals surface area contributed by atoms with Crippen LogP contribution in [-0.4, -0.2) is 74.2 Å². The first kappa shape index (κ1) is 17.4. The topological polar surface area (TPSA) is 44.8 Å². The maximum absolute atomic E-state index is 12.1. The number of likely N-dealkylation sites (tertiary alicyclic amines) is 1. The molecule has 1 aliphatic rings. The molecule has 0 radical (unpaired) electrons. The molecular formula is C15H31N3O2. The zero-order valence-corrected chi connectivity index (χ0v) is 14.1. The highest BCUT2D eigenvalue weighted by Crippen LogP contribution is 2.22. The van der Waals surface area contributed by atoms with Crippen molar-refractivity contribution in [1.82, 2.24) is 15.1 Å². The number of nitrogens with zero attached hydrogens (tertiary/aromatic N) is 2. The number of ether oxygens (including phenoxy) is 1. The Morgan fingerprint density at radius 1 is 1.45 bits per heavy atom. The second-order valence-electron chi connectivity index (χ2n) is 6.83. The highest BCUT2D eigenvalue weighted by molar-refractivity contribution is 5.80. The minimum atomic E-state index is -0.649. The molecule has 5 heteroatoms. The minimum absolute atomic E-state index is 0.188. The van der Waals surface area contributed by atoms with Crippen molar-refractivity contribution in [2.75, 3.05) is 40.8 Å². The van der Waals surface area contributed by atoms with Gasteiger partial charge in [-0.05, 0) is 40.8 Å². The molecule has 3 unspecified atom stereocenters. The van der Waals surface area contributed by atoms with Gasteiger partial charge >= 0.3 is 5.97 Å². The van der Waals surface area contributed by atoms with E-state index in [1.54, 1.807) is 0 Å². The molecule has 5 nitrogen and oxygen atoms in total. The number of esters is 1. The summed E-state index contributed by atoms with van der Waals surface area (Å²) in [5.74, 6) is 0.429. The van der Waals surface area contributed by atoms with E-state index in [2.05, 4.69) is 50.0 Å². The van der Waals surface area contributed by atoms with Crippen molar-refractivity contribution in [3.05, 3.63) is 0 Å². The highest BCUT2D eigenvalue weighted by Gasteiger charge is 2.40. The van der Waals surface area contributed by atoms with Crippen LogP contribution in [0.2, 0.25) is 0 Å². The number of hydrogen-bond donors (Lipinski definition) is 1. The lowest BCUT2D eigenvalue weighted by Gasteiger charge is -2.34. The molecule has 1 fully saturated rings. The average molecular weight is 285 g/mol. The first-order valence-electron chi connectivity index (χ1n) is 7.44. The van der Waals surface area contributed by atoms with E-state index in [-0.39, 0.29) is 12.0 Å². The van der Waals surface area contributed by atoms with Gasteiger partial charge in [-0.25, -0.2) is 0 Å². The third-order valence-electron chi connectivity index (χ3n) is 4.09. The summed E-state index contributed by atoms with van der Waals surface area (Å²) in [6.07, 6.45) is 0. The van der Waals surface area contributed by atoms with Crippen LogP contribution in [0.5, 0.6) is 0 Å². The van der Waals surface area contributed by atoms with Gasteiger partial charge in [-0.3, -0.25) is 15.0 Å². The van der Waals surface area contributed by atoms with Crippen molar-refractivity contribution >= 4 is 5.97 Å². The number of carbonyl (C=O) groups is 1. The lowest BCUT2D eigenvalue weighted by atomic mass is 10.0. The molecule has 0 amide bonds. The third-order valence-corrected chi connectivity index (χ3v) is 4.09. The molecule has 0 saturated carbocycles. The zero-order valence-electron chi connectivity index (χ0n) is 14.1. The number of nitrogens with one attached hydrogen (secondary N) is 1. The van der Waals surface area contributed by atoms with Gasteiger partial charge in [0.25, 0.3) is 0 Å². The van der Waals surface area contributed by atoms with Gasteiger partial charge in [0, 0.05) is 31.7 Å². The summed E-state index contributed by atoms with van der Waals surface area (Å²) in [4.78, 5) is 16.8. The summed E-state index contributed by atoms with van der Waals surface area (Å²) < 4.78 is 4.99. The fourth-order valence-corrected chi connectivity index (χ4v) is 3.33. The molecule has 1 heterocycles. The number of carbonyl (C=O) groups excluding carboxylic acids is 1. The van der Waals surface area contributed by atoms with E-state index in [1.165, 1.54) is 7.11 Å². The van der Waals surface area contributed by atoms with E-state index in [0.717, 1.165) is 13.1 Å². The molecular weight excluding hydrogens is 254 g/mol. The Kier molecular flexibility index (Phi) is 5.98. The Balaban J connectivity index is 2.74. The summed E-state index contributed by atoms with van der Waals surface area (Å²) in [6, 6.07) is 0.791. The largest absolute Gasteiger partial charge is 0.468 e. The zero-order chi connectivity index (χ0) is 15.5. The predicted octanol–water partition coefficient (Wildman–Crippen LogP) is 0.798. The summed E-state index contributed by atoms with van der Waals surface area (Å²) in [5.41, 5.74) is -0.649. The maximum atomic E-state index is 12.1. The van der Waals surface area contributed by atoms with Crippen LogP contribution >= 0.6 is 0 Å². The van der Waals surface area contributed by atoms with Crippen LogP contribution in [0.4, 0.5) is 0 Å². The van der Waals surface area contributed by atoms with Gasteiger partial charge in [0.05, 0.1) is 7.11 Å². The Morgan fingerprint density at radius 2 is 2.05 bits per heavy atom. The van der Waals surface area contributed by atoms with Crippen LogP contribution in [-0.2, 0) is 9.53 Å². The molecule has 20 heavy (non-hydrogen) atoms. The number of hydrogen-bond acceptors (Lipinski definition) is 5. The van der Waals surface area contributed by atoms with Gasteiger partial charge in [0.15, 0.2) is 0 Å². The Bertz CT molecular complexity index is 333.